The molecule has 2 rings (SSSR count). The molecule has 1 heterocycles. The number of aromatic nitrogens is 1. The Morgan fingerprint density at radius 3 is 2.57 bits per heavy atom. The smallest absolute Gasteiger partial charge is 0.262 e. The minimum atomic E-state index is 0.660. The van der Waals surface area contributed by atoms with Gasteiger partial charge in [0.25, 0.3) is 5.22 Å². The molecular weight excluding hydrogens is 377 g/mol. The topological polar surface area (TPSA) is 26.0 Å². The van der Waals surface area contributed by atoms with Gasteiger partial charge < -0.3 is 4.42 Å². The summed E-state index contributed by atoms with van der Waals surface area (Å²) in [6.45, 7) is 0. The van der Waals surface area contributed by atoms with Crippen LogP contribution in [0.5, 0.6) is 0 Å². The molecular formula is C9H5BrINOS. The van der Waals surface area contributed by atoms with Crippen LogP contribution in [-0.2, 0) is 0 Å². The highest BCUT2D eigenvalue weighted by Gasteiger charge is 2.08. The standard InChI is InChI=1S/C9H5BrINOS/c10-7-8(11)13-9(12-7)14-6-4-2-1-3-5-6/h1-5H. The predicted octanol–water partition coefficient (Wildman–Crippen LogP) is 4.19. The minimum Gasteiger partial charge on any atom is -0.424 e. The molecule has 0 atom stereocenters. The van der Waals surface area contributed by atoms with Crippen molar-refractivity contribution in [2.75, 3.05) is 0 Å². The van der Waals surface area contributed by atoms with Crippen LogP contribution in [0.4, 0.5) is 0 Å². The summed E-state index contributed by atoms with van der Waals surface area (Å²) in [6, 6.07) is 10.0. The molecule has 0 aliphatic heterocycles. The summed E-state index contributed by atoms with van der Waals surface area (Å²) in [6.07, 6.45) is 0. The van der Waals surface area contributed by atoms with Gasteiger partial charge in [-0.1, -0.05) is 18.2 Å². The van der Waals surface area contributed by atoms with Crippen LogP contribution in [0, 0.1) is 3.77 Å². The average molecular weight is 382 g/mol. The third-order valence-corrected chi connectivity index (χ3v) is 4.34. The van der Waals surface area contributed by atoms with E-state index >= 15 is 0 Å². The van der Waals surface area contributed by atoms with E-state index in [4.69, 9.17) is 4.42 Å². The normalized spacial score (nSPS) is 10.4. The molecule has 0 radical (unpaired) electrons. The fourth-order valence-electron chi connectivity index (χ4n) is 0.899. The first-order valence-corrected chi connectivity index (χ1v) is 6.49. The Balaban J connectivity index is 2.19. The maximum absolute atomic E-state index is 5.41. The third kappa shape index (κ3) is 2.52. The third-order valence-electron chi connectivity index (χ3n) is 1.48. The lowest BCUT2D eigenvalue weighted by Gasteiger charge is -1.93. The van der Waals surface area contributed by atoms with E-state index < -0.39 is 0 Å². The van der Waals surface area contributed by atoms with E-state index in [1.165, 1.54) is 11.8 Å². The fourth-order valence-corrected chi connectivity index (χ4v) is 2.49. The van der Waals surface area contributed by atoms with Gasteiger partial charge in [0.2, 0.25) is 0 Å². The molecule has 0 bridgehead atoms. The highest BCUT2D eigenvalue weighted by Crippen LogP contribution is 2.30. The van der Waals surface area contributed by atoms with Crippen molar-refractivity contribution in [2.24, 2.45) is 0 Å². The van der Waals surface area contributed by atoms with E-state index in [0.717, 1.165) is 13.3 Å². The number of rotatable bonds is 2. The molecule has 2 nitrogen and oxygen atoms in total. The Labute approximate surface area is 108 Å². The summed E-state index contributed by atoms with van der Waals surface area (Å²) in [7, 11) is 0. The van der Waals surface area contributed by atoms with Crippen LogP contribution in [0.15, 0.2) is 49.5 Å². The zero-order valence-electron chi connectivity index (χ0n) is 6.91. The highest BCUT2D eigenvalue weighted by atomic mass is 127. The molecule has 0 saturated carbocycles. The molecule has 1 aromatic carbocycles. The summed E-state index contributed by atoms with van der Waals surface area (Å²) in [5, 5.41) is 0.660. The second kappa shape index (κ2) is 4.67. The van der Waals surface area contributed by atoms with Crippen LogP contribution < -0.4 is 0 Å². The second-order valence-electron chi connectivity index (χ2n) is 2.46. The minimum absolute atomic E-state index is 0.660. The molecule has 0 amide bonds. The van der Waals surface area contributed by atoms with Crippen LogP contribution >= 0.6 is 50.3 Å². The Hall–Kier alpha value is -0.0100. The van der Waals surface area contributed by atoms with Crippen molar-refractivity contribution >= 4 is 50.3 Å². The molecule has 0 aliphatic rings. The zero-order chi connectivity index (χ0) is 9.97. The highest BCUT2D eigenvalue weighted by molar-refractivity contribution is 14.1. The number of benzene rings is 1. The van der Waals surface area contributed by atoms with Gasteiger partial charge in [0.15, 0.2) is 8.37 Å². The van der Waals surface area contributed by atoms with Crippen LogP contribution in [0.2, 0.25) is 0 Å². The average Bonchev–Trinajstić information content (AvgIpc) is 2.47. The van der Waals surface area contributed by atoms with Crippen LogP contribution in [0.1, 0.15) is 0 Å². The van der Waals surface area contributed by atoms with Crippen LogP contribution in [-0.4, -0.2) is 4.98 Å². The second-order valence-corrected chi connectivity index (χ2v) is 5.22. The fraction of sp³-hybridized carbons (Fsp3) is 0. The number of halogens is 2. The monoisotopic (exact) mass is 381 g/mol. The summed E-state index contributed by atoms with van der Waals surface area (Å²) < 4.78 is 6.95. The molecule has 1 aromatic heterocycles. The molecule has 0 aliphatic carbocycles. The molecule has 0 unspecified atom stereocenters. The first-order chi connectivity index (χ1) is 6.75. The SMILES string of the molecule is Brc1nc(Sc2ccccc2)oc1I. The molecule has 5 heteroatoms. The van der Waals surface area contributed by atoms with Gasteiger partial charge in [0.05, 0.1) is 0 Å². The van der Waals surface area contributed by atoms with E-state index in [0.29, 0.717) is 5.22 Å². The van der Waals surface area contributed by atoms with Gasteiger partial charge in [0, 0.05) is 27.5 Å². The molecule has 0 fully saturated rings. The summed E-state index contributed by atoms with van der Waals surface area (Å²) >= 11 is 6.91. The molecule has 14 heavy (non-hydrogen) atoms. The quantitative estimate of drug-likeness (QED) is 0.729. The molecule has 2 aromatic rings. The van der Waals surface area contributed by atoms with Crippen molar-refractivity contribution in [2.45, 2.75) is 10.1 Å². The van der Waals surface area contributed by atoms with Crippen LogP contribution in [0.25, 0.3) is 0 Å². The maximum Gasteiger partial charge on any atom is 0.262 e. The van der Waals surface area contributed by atoms with Crippen molar-refractivity contribution in [3.63, 3.8) is 0 Å². The lowest BCUT2D eigenvalue weighted by Crippen LogP contribution is -1.71. The molecule has 0 saturated heterocycles. The molecule has 72 valence electrons. The Kier molecular flexibility index (Phi) is 3.51. The zero-order valence-corrected chi connectivity index (χ0v) is 11.5. The summed E-state index contributed by atoms with van der Waals surface area (Å²) in [5.74, 6) is 0. The van der Waals surface area contributed by atoms with E-state index in [2.05, 4.69) is 43.5 Å². The van der Waals surface area contributed by atoms with Gasteiger partial charge in [-0.2, -0.15) is 4.98 Å². The van der Waals surface area contributed by atoms with E-state index in [-0.39, 0.29) is 0 Å². The van der Waals surface area contributed by atoms with Gasteiger partial charge in [-0.3, -0.25) is 0 Å². The van der Waals surface area contributed by atoms with Crippen molar-refractivity contribution in [3.05, 3.63) is 38.7 Å². The number of hydrogen-bond donors (Lipinski definition) is 0. The Bertz CT molecular complexity index is 412. The first-order valence-electron chi connectivity index (χ1n) is 3.80. The Morgan fingerprint density at radius 1 is 1.29 bits per heavy atom. The first kappa shape index (κ1) is 10.5. The maximum atomic E-state index is 5.41. The lowest BCUT2D eigenvalue weighted by molar-refractivity contribution is 0.432. The van der Waals surface area contributed by atoms with Gasteiger partial charge >= 0.3 is 0 Å². The van der Waals surface area contributed by atoms with E-state index in [1.807, 2.05) is 30.3 Å². The Morgan fingerprint density at radius 2 is 2.00 bits per heavy atom. The van der Waals surface area contributed by atoms with E-state index in [1.54, 1.807) is 0 Å². The van der Waals surface area contributed by atoms with Crippen molar-refractivity contribution in [1.82, 2.24) is 4.98 Å². The van der Waals surface area contributed by atoms with Crippen molar-refractivity contribution < 1.29 is 4.42 Å². The largest absolute Gasteiger partial charge is 0.424 e. The number of oxazole rings is 1. The van der Waals surface area contributed by atoms with Crippen LogP contribution in [0.3, 0.4) is 0 Å². The van der Waals surface area contributed by atoms with Crippen molar-refractivity contribution in [3.8, 4) is 0 Å². The molecule has 0 spiro atoms. The number of hydrogen-bond acceptors (Lipinski definition) is 3. The predicted molar refractivity (Wildman–Crippen MR) is 67.5 cm³/mol. The van der Waals surface area contributed by atoms with E-state index in [9.17, 15) is 0 Å². The number of nitrogens with zero attached hydrogens (tertiary/aromatic N) is 1. The lowest BCUT2D eigenvalue weighted by atomic mass is 10.4. The summed E-state index contributed by atoms with van der Waals surface area (Å²) in [5.41, 5.74) is 0. The van der Waals surface area contributed by atoms with Crippen molar-refractivity contribution in [1.29, 1.82) is 0 Å². The van der Waals surface area contributed by atoms with Gasteiger partial charge in [-0.25, -0.2) is 0 Å². The molecule has 0 N–H and O–H groups in total. The van der Waals surface area contributed by atoms with Gasteiger partial charge in [-0.05, 0) is 39.8 Å². The summed E-state index contributed by atoms with van der Waals surface area (Å²) in [4.78, 5) is 5.33. The van der Waals surface area contributed by atoms with Gasteiger partial charge in [-0.15, -0.1) is 0 Å². The van der Waals surface area contributed by atoms with Gasteiger partial charge in [0.1, 0.15) is 0 Å².